The molecule has 0 saturated heterocycles. The minimum Gasteiger partial charge on any atom is -0.492 e. The summed E-state index contributed by atoms with van der Waals surface area (Å²) < 4.78 is 16.1. The number of methoxy groups -OCH3 is 1. The van der Waals surface area contributed by atoms with Gasteiger partial charge in [0.15, 0.2) is 0 Å². The molecule has 0 radical (unpaired) electrons. The number of nitrogens with one attached hydrogen (secondary N) is 1. The lowest BCUT2D eigenvalue weighted by Crippen LogP contribution is -2.41. The summed E-state index contributed by atoms with van der Waals surface area (Å²) in [6, 6.07) is 4.93. The number of benzene rings is 1. The summed E-state index contributed by atoms with van der Waals surface area (Å²) in [7, 11) is 1.50. The van der Waals surface area contributed by atoms with E-state index in [1.165, 1.54) is 7.11 Å². The zero-order chi connectivity index (χ0) is 19.0. The van der Waals surface area contributed by atoms with Crippen LogP contribution >= 0.6 is 0 Å². The molecule has 1 rings (SSSR count). The molecule has 0 fully saturated rings. The van der Waals surface area contributed by atoms with Crippen molar-refractivity contribution in [3.05, 3.63) is 23.8 Å². The number of carbonyl (C=O) groups is 2. The van der Waals surface area contributed by atoms with Crippen LogP contribution in [0.2, 0.25) is 0 Å². The van der Waals surface area contributed by atoms with E-state index in [0.717, 1.165) is 0 Å². The Labute approximate surface area is 149 Å². The summed E-state index contributed by atoms with van der Waals surface area (Å²) in [5.41, 5.74) is -0.158. The molecule has 0 aromatic heterocycles. The monoisotopic (exact) mass is 351 g/mol. The zero-order valence-electron chi connectivity index (χ0n) is 16.0. The second-order valence-electron chi connectivity index (χ2n) is 6.38. The van der Waals surface area contributed by atoms with E-state index in [1.807, 2.05) is 20.8 Å². The maximum absolute atomic E-state index is 12.4. The number of carbonyl (C=O) groups excluding carboxylic acids is 2. The fraction of sp³-hybridized carbons (Fsp3) is 0.579. The lowest BCUT2D eigenvalue weighted by atomic mass is 10.0. The van der Waals surface area contributed by atoms with Crippen LogP contribution in [0.4, 0.5) is 5.69 Å². The van der Waals surface area contributed by atoms with Crippen molar-refractivity contribution in [2.24, 2.45) is 5.92 Å². The first-order chi connectivity index (χ1) is 11.8. The van der Waals surface area contributed by atoms with Gasteiger partial charge in [-0.05, 0) is 44.4 Å². The topological polar surface area (TPSA) is 73.9 Å². The minimum absolute atomic E-state index is 0.261. The molecule has 140 valence electrons. The summed E-state index contributed by atoms with van der Waals surface area (Å²) in [5, 5.41) is 2.79. The molecule has 0 saturated carbocycles. The SMILES string of the molecule is CCOC(=O)c1cc(NC(=O)[C@](C)(CC)OC)ccc1OCC(C)C. The van der Waals surface area contributed by atoms with Crippen LogP contribution in [-0.2, 0) is 14.3 Å². The van der Waals surface area contributed by atoms with Crippen molar-refractivity contribution in [3.8, 4) is 5.75 Å². The van der Waals surface area contributed by atoms with E-state index in [1.54, 1.807) is 32.0 Å². The molecule has 1 amide bonds. The van der Waals surface area contributed by atoms with Crippen molar-refractivity contribution in [2.45, 2.75) is 46.6 Å². The Morgan fingerprint density at radius 1 is 1.24 bits per heavy atom. The minimum atomic E-state index is -0.934. The second-order valence-corrected chi connectivity index (χ2v) is 6.38. The van der Waals surface area contributed by atoms with Crippen LogP contribution in [0.5, 0.6) is 5.75 Å². The normalized spacial score (nSPS) is 13.2. The van der Waals surface area contributed by atoms with Crippen LogP contribution < -0.4 is 10.1 Å². The van der Waals surface area contributed by atoms with E-state index < -0.39 is 11.6 Å². The smallest absolute Gasteiger partial charge is 0.341 e. The van der Waals surface area contributed by atoms with Crippen LogP contribution in [-0.4, -0.2) is 37.8 Å². The van der Waals surface area contributed by atoms with E-state index in [-0.39, 0.29) is 18.1 Å². The van der Waals surface area contributed by atoms with Crippen molar-refractivity contribution in [1.82, 2.24) is 0 Å². The first-order valence-corrected chi connectivity index (χ1v) is 8.57. The Hall–Kier alpha value is -2.08. The van der Waals surface area contributed by atoms with E-state index in [2.05, 4.69) is 5.32 Å². The molecule has 0 bridgehead atoms. The van der Waals surface area contributed by atoms with Crippen LogP contribution in [0.25, 0.3) is 0 Å². The molecule has 0 heterocycles. The van der Waals surface area contributed by atoms with E-state index >= 15 is 0 Å². The van der Waals surface area contributed by atoms with Crippen molar-refractivity contribution in [3.63, 3.8) is 0 Å². The molecule has 0 aliphatic heterocycles. The van der Waals surface area contributed by atoms with Crippen molar-refractivity contribution in [1.29, 1.82) is 0 Å². The number of esters is 1. The fourth-order valence-electron chi connectivity index (χ4n) is 2.02. The van der Waals surface area contributed by atoms with Gasteiger partial charge in [0.1, 0.15) is 16.9 Å². The van der Waals surface area contributed by atoms with Gasteiger partial charge in [0.05, 0.1) is 13.2 Å². The highest BCUT2D eigenvalue weighted by atomic mass is 16.5. The molecular weight excluding hydrogens is 322 g/mol. The van der Waals surface area contributed by atoms with E-state index in [4.69, 9.17) is 14.2 Å². The quantitative estimate of drug-likeness (QED) is 0.688. The van der Waals surface area contributed by atoms with E-state index in [9.17, 15) is 9.59 Å². The average molecular weight is 351 g/mol. The molecule has 0 aliphatic carbocycles. The lowest BCUT2D eigenvalue weighted by molar-refractivity contribution is -0.136. The third kappa shape index (κ3) is 5.74. The lowest BCUT2D eigenvalue weighted by Gasteiger charge is -2.25. The second kappa shape index (κ2) is 9.42. The third-order valence-corrected chi connectivity index (χ3v) is 3.91. The molecule has 0 aliphatic rings. The number of anilines is 1. The van der Waals surface area contributed by atoms with Crippen LogP contribution in [0.15, 0.2) is 18.2 Å². The number of ether oxygens (including phenoxy) is 3. The molecular formula is C19H29NO5. The highest BCUT2D eigenvalue weighted by Gasteiger charge is 2.31. The number of amides is 1. The Bertz CT molecular complexity index is 593. The van der Waals surface area contributed by atoms with Crippen molar-refractivity contribution >= 4 is 17.6 Å². The Morgan fingerprint density at radius 3 is 2.44 bits per heavy atom. The largest absolute Gasteiger partial charge is 0.492 e. The summed E-state index contributed by atoms with van der Waals surface area (Å²) in [6.07, 6.45) is 0.523. The van der Waals surface area contributed by atoms with Crippen LogP contribution in [0.3, 0.4) is 0 Å². The maximum Gasteiger partial charge on any atom is 0.341 e. The van der Waals surface area contributed by atoms with Gasteiger partial charge in [0.2, 0.25) is 0 Å². The van der Waals surface area contributed by atoms with Gasteiger partial charge in [-0.15, -0.1) is 0 Å². The predicted octanol–water partition coefficient (Wildman–Crippen LogP) is 3.65. The van der Waals surface area contributed by atoms with Crippen LogP contribution in [0.1, 0.15) is 51.4 Å². The van der Waals surface area contributed by atoms with Gasteiger partial charge in [-0.25, -0.2) is 4.79 Å². The highest BCUT2D eigenvalue weighted by Crippen LogP contribution is 2.26. The third-order valence-electron chi connectivity index (χ3n) is 3.91. The molecule has 1 aromatic rings. The standard InChI is InChI=1S/C19H29NO5/c1-7-19(5,23-6)18(22)20-14-9-10-16(25-12-13(3)4)15(11-14)17(21)24-8-2/h9-11,13H,7-8,12H2,1-6H3,(H,20,22)/t19-/m0/s1. The van der Waals surface area contributed by atoms with Gasteiger partial charge >= 0.3 is 5.97 Å². The molecule has 1 N–H and O–H groups in total. The Balaban J connectivity index is 3.08. The number of hydrogen-bond donors (Lipinski definition) is 1. The van der Waals surface area contributed by atoms with E-state index in [0.29, 0.717) is 30.4 Å². The zero-order valence-corrected chi connectivity index (χ0v) is 16.0. The van der Waals surface area contributed by atoms with Gasteiger partial charge in [-0.2, -0.15) is 0 Å². The molecule has 0 unspecified atom stereocenters. The van der Waals surface area contributed by atoms with Crippen molar-refractivity contribution in [2.75, 3.05) is 25.6 Å². The first-order valence-electron chi connectivity index (χ1n) is 8.57. The van der Waals surface area contributed by atoms with Gasteiger partial charge in [0, 0.05) is 12.8 Å². The number of rotatable bonds is 9. The average Bonchev–Trinajstić information content (AvgIpc) is 2.59. The summed E-state index contributed by atoms with van der Waals surface area (Å²) in [4.78, 5) is 24.6. The molecule has 25 heavy (non-hydrogen) atoms. The predicted molar refractivity (Wildman–Crippen MR) is 97.1 cm³/mol. The van der Waals surface area contributed by atoms with Gasteiger partial charge < -0.3 is 19.5 Å². The van der Waals surface area contributed by atoms with Crippen LogP contribution in [0, 0.1) is 5.92 Å². The summed E-state index contributed by atoms with van der Waals surface area (Å²) in [6.45, 7) is 10.1. The molecule has 1 aromatic carbocycles. The van der Waals surface area contributed by atoms with Gasteiger partial charge in [0.25, 0.3) is 5.91 Å². The summed E-state index contributed by atoms with van der Waals surface area (Å²) in [5.74, 6) is 0.00189. The van der Waals surface area contributed by atoms with Gasteiger partial charge in [-0.1, -0.05) is 20.8 Å². The fourth-order valence-corrected chi connectivity index (χ4v) is 2.02. The highest BCUT2D eigenvalue weighted by molar-refractivity contribution is 5.99. The van der Waals surface area contributed by atoms with Gasteiger partial charge in [-0.3, -0.25) is 4.79 Å². The Kier molecular flexibility index (Phi) is 7.90. The maximum atomic E-state index is 12.4. The molecule has 6 heteroatoms. The Morgan fingerprint density at radius 2 is 1.92 bits per heavy atom. The summed E-state index contributed by atoms with van der Waals surface area (Å²) >= 11 is 0. The number of hydrogen-bond acceptors (Lipinski definition) is 5. The molecule has 6 nitrogen and oxygen atoms in total. The van der Waals surface area contributed by atoms with Crippen molar-refractivity contribution < 1.29 is 23.8 Å². The molecule has 1 atom stereocenters. The molecule has 0 spiro atoms. The first kappa shape index (κ1) is 21.0.